The molecule has 0 heterocycles. The van der Waals surface area contributed by atoms with Crippen molar-refractivity contribution in [3.63, 3.8) is 0 Å². The number of hydrogen-bond acceptors (Lipinski definition) is 2. The van der Waals surface area contributed by atoms with Crippen LogP contribution in [0.1, 0.15) is 5.56 Å². The molecule has 2 rings (SSSR count). The molecule has 0 bridgehead atoms. The van der Waals surface area contributed by atoms with Crippen LogP contribution in [0, 0.1) is 0 Å². The van der Waals surface area contributed by atoms with E-state index in [-0.39, 0.29) is 6.61 Å². The molecule has 2 nitrogen and oxygen atoms in total. The van der Waals surface area contributed by atoms with Crippen molar-refractivity contribution in [3.8, 4) is 11.5 Å². The maximum atomic E-state index is 8.97. The van der Waals surface area contributed by atoms with E-state index in [0.29, 0.717) is 16.5 Å². The van der Waals surface area contributed by atoms with E-state index in [9.17, 15) is 0 Å². The fourth-order valence-electron chi connectivity index (χ4n) is 1.38. The average molecular weight is 314 g/mol. The highest BCUT2D eigenvalue weighted by molar-refractivity contribution is 9.10. The number of aliphatic hydroxyl groups is 1. The van der Waals surface area contributed by atoms with Gasteiger partial charge in [0.05, 0.1) is 11.6 Å². The molecule has 0 spiro atoms. The predicted octanol–water partition coefficient (Wildman–Crippen LogP) is 4.39. The molecule has 88 valence electrons. The second-order valence-corrected chi connectivity index (χ2v) is 4.81. The molecule has 4 heteroatoms. The molecule has 0 saturated carbocycles. The summed E-state index contributed by atoms with van der Waals surface area (Å²) in [7, 11) is 0. The summed E-state index contributed by atoms with van der Waals surface area (Å²) in [4.78, 5) is 0. The summed E-state index contributed by atoms with van der Waals surface area (Å²) in [6.45, 7) is -0.0309. The highest BCUT2D eigenvalue weighted by Gasteiger charge is 2.04. The Kier molecular flexibility index (Phi) is 4.05. The minimum absolute atomic E-state index is 0.0309. The van der Waals surface area contributed by atoms with Gasteiger partial charge in [-0.15, -0.1) is 0 Å². The topological polar surface area (TPSA) is 29.5 Å². The number of benzene rings is 2. The fourth-order valence-corrected chi connectivity index (χ4v) is 2.00. The zero-order valence-corrected chi connectivity index (χ0v) is 11.2. The minimum atomic E-state index is -0.0309. The normalized spacial score (nSPS) is 10.3. The standard InChI is InChI=1S/C13H10BrClO2/c14-10-2-1-3-11(7-10)17-13-5-4-9(8-16)6-12(13)15/h1-7,16H,8H2. The highest BCUT2D eigenvalue weighted by Crippen LogP contribution is 2.31. The van der Waals surface area contributed by atoms with Gasteiger partial charge in [0.1, 0.15) is 11.5 Å². The van der Waals surface area contributed by atoms with Crippen molar-refractivity contribution in [1.82, 2.24) is 0 Å². The first-order chi connectivity index (χ1) is 8.19. The molecule has 17 heavy (non-hydrogen) atoms. The summed E-state index contributed by atoms with van der Waals surface area (Å²) >= 11 is 9.42. The van der Waals surface area contributed by atoms with Gasteiger partial charge in [0.25, 0.3) is 0 Å². The summed E-state index contributed by atoms with van der Waals surface area (Å²) in [5, 5.41) is 9.46. The first kappa shape index (κ1) is 12.4. The molecule has 2 aromatic rings. The van der Waals surface area contributed by atoms with Crippen molar-refractivity contribution >= 4 is 27.5 Å². The van der Waals surface area contributed by atoms with Crippen LogP contribution < -0.4 is 4.74 Å². The predicted molar refractivity (Wildman–Crippen MR) is 71.6 cm³/mol. The summed E-state index contributed by atoms with van der Waals surface area (Å²) in [6, 6.07) is 12.7. The van der Waals surface area contributed by atoms with Gasteiger partial charge in [0.2, 0.25) is 0 Å². The molecule has 0 aliphatic carbocycles. The smallest absolute Gasteiger partial charge is 0.146 e. The van der Waals surface area contributed by atoms with Crippen LogP contribution in [0.25, 0.3) is 0 Å². The van der Waals surface area contributed by atoms with E-state index in [2.05, 4.69) is 15.9 Å². The molecule has 0 saturated heterocycles. The third-order valence-corrected chi connectivity index (χ3v) is 2.99. The van der Waals surface area contributed by atoms with Crippen LogP contribution in [0.4, 0.5) is 0 Å². The van der Waals surface area contributed by atoms with Gasteiger partial charge in [-0.05, 0) is 35.9 Å². The van der Waals surface area contributed by atoms with Crippen molar-refractivity contribution in [2.75, 3.05) is 0 Å². The lowest BCUT2D eigenvalue weighted by atomic mass is 10.2. The third-order valence-electron chi connectivity index (χ3n) is 2.20. The quantitative estimate of drug-likeness (QED) is 0.911. The summed E-state index contributed by atoms with van der Waals surface area (Å²) in [5.41, 5.74) is 0.761. The Balaban J connectivity index is 2.24. The molecule has 0 aromatic heterocycles. The summed E-state index contributed by atoms with van der Waals surface area (Å²) < 4.78 is 6.59. The van der Waals surface area contributed by atoms with Crippen LogP contribution in [0.2, 0.25) is 5.02 Å². The number of halogens is 2. The number of rotatable bonds is 3. The highest BCUT2D eigenvalue weighted by atomic mass is 79.9. The van der Waals surface area contributed by atoms with Gasteiger partial charge in [0.15, 0.2) is 0 Å². The van der Waals surface area contributed by atoms with Gasteiger partial charge in [-0.25, -0.2) is 0 Å². The van der Waals surface area contributed by atoms with Crippen molar-refractivity contribution in [1.29, 1.82) is 0 Å². The van der Waals surface area contributed by atoms with E-state index >= 15 is 0 Å². The number of ether oxygens (including phenoxy) is 1. The molecule has 0 amide bonds. The first-order valence-electron chi connectivity index (χ1n) is 5.02. The Bertz CT molecular complexity index is 529. The van der Waals surface area contributed by atoms with Crippen LogP contribution in [0.3, 0.4) is 0 Å². The largest absolute Gasteiger partial charge is 0.456 e. The Morgan fingerprint density at radius 2 is 2.00 bits per heavy atom. The monoisotopic (exact) mass is 312 g/mol. The molecule has 0 unspecified atom stereocenters. The van der Waals surface area contributed by atoms with Crippen LogP contribution in [0.5, 0.6) is 11.5 Å². The maximum Gasteiger partial charge on any atom is 0.146 e. The van der Waals surface area contributed by atoms with Crippen molar-refractivity contribution in [2.24, 2.45) is 0 Å². The number of hydrogen-bond donors (Lipinski definition) is 1. The molecule has 0 aliphatic heterocycles. The lowest BCUT2D eigenvalue weighted by Gasteiger charge is -2.08. The molecule has 0 atom stereocenters. The SMILES string of the molecule is OCc1ccc(Oc2cccc(Br)c2)c(Cl)c1. The average Bonchev–Trinajstić information content (AvgIpc) is 2.32. The zero-order valence-electron chi connectivity index (χ0n) is 8.86. The van der Waals surface area contributed by atoms with E-state index in [1.54, 1.807) is 18.2 Å². The molecule has 0 aliphatic rings. The van der Waals surface area contributed by atoms with Gasteiger partial charge in [-0.1, -0.05) is 39.7 Å². The summed E-state index contributed by atoms with van der Waals surface area (Å²) in [6.07, 6.45) is 0. The van der Waals surface area contributed by atoms with E-state index in [1.807, 2.05) is 24.3 Å². The second kappa shape index (κ2) is 5.54. The molecule has 0 radical (unpaired) electrons. The summed E-state index contributed by atoms with van der Waals surface area (Å²) in [5.74, 6) is 1.28. The van der Waals surface area contributed by atoms with Crippen LogP contribution in [-0.2, 0) is 6.61 Å². The van der Waals surface area contributed by atoms with Crippen molar-refractivity contribution in [3.05, 3.63) is 57.5 Å². The van der Waals surface area contributed by atoms with E-state index in [1.165, 1.54) is 0 Å². The van der Waals surface area contributed by atoms with Crippen LogP contribution >= 0.6 is 27.5 Å². The molecule has 2 aromatic carbocycles. The van der Waals surface area contributed by atoms with Gasteiger partial charge in [-0.3, -0.25) is 0 Å². The van der Waals surface area contributed by atoms with Crippen molar-refractivity contribution < 1.29 is 9.84 Å². The lowest BCUT2D eigenvalue weighted by Crippen LogP contribution is -1.88. The first-order valence-corrected chi connectivity index (χ1v) is 6.19. The van der Waals surface area contributed by atoms with Crippen molar-refractivity contribution in [2.45, 2.75) is 6.61 Å². The molecular formula is C13H10BrClO2. The van der Waals surface area contributed by atoms with E-state index in [4.69, 9.17) is 21.4 Å². The third kappa shape index (κ3) is 3.22. The molecular weight excluding hydrogens is 303 g/mol. The Hall–Kier alpha value is -1.03. The second-order valence-electron chi connectivity index (χ2n) is 3.48. The number of aliphatic hydroxyl groups excluding tert-OH is 1. The minimum Gasteiger partial charge on any atom is -0.456 e. The Morgan fingerprint density at radius 3 is 2.65 bits per heavy atom. The fraction of sp³-hybridized carbons (Fsp3) is 0.0769. The van der Waals surface area contributed by atoms with Gasteiger partial charge >= 0.3 is 0 Å². The van der Waals surface area contributed by atoms with E-state index in [0.717, 1.165) is 10.0 Å². The molecule has 0 fully saturated rings. The Morgan fingerprint density at radius 1 is 1.18 bits per heavy atom. The van der Waals surface area contributed by atoms with Gasteiger partial charge in [-0.2, -0.15) is 0 Å². The van der Waals surface area contributed by atoms with Crippen LogP contribution in [0.15, 0.2) is 46.9 Å². The molecule has 1 N–H and O–H groups in total. The zero-order chi connectivity index (χ0) is 12.3. The van der Waals surface area contributed by atoms with Gasteiger partial charge < -0.3 is 9.84 Å². The van der Waals surface area contributed by atoms with Gasteiger partial charge in [0, 0.05) is 4.47 Å². The lowest BCUT2D eigenvalue weighted by molar-refractivity contribution is 0.281. The maximum absolute atomic E-state index is 8.97. The van der Waals surface area contributed by atoms with E-state index < -0.39 is 0 Å². The Labute approximate surface area is 113 Å². The van der Waals surface area contributed by atoms with Crippen LogP contribution in [-0.4, -0.2) is 5.11 Å².